The van der Waals surface area contributed by atoms with Gasteiger partial charge in [-0.15, -0.1) is 0 Å². The lowest BCUT2D eigenvalue weighted by molar-refractivity contribution is -0.146. The summed E-state index contributed by atoms with van der Waals surface area (Å²) in [5.74, 6) is 0.217. The Balaban J connectivity index is 1.71. The van der Waals surface area contributed by atoms with Crippen molar-refractivity contribution in [3.05, 3.63) is 68.8 Å². The van der Waals surface area contributed by atoms with Gasteiger partial charge in [-0.3, -0.25) is 9.59 Å². The highest BCUT2D eigenvalue weighted by atomic mass is 127. The molecule has 210 valence electrons. The van der Waals surface area contributed by atoms with E-state index in [1.165, 1.54) is 7.11 Å². The molecule has 10 heteroatoms. The van der Waals surface area contributed by atoms with Gasteiger partial charge in [0.2, 0.25) is 11.8 Å². The molecular weight excluding hydrogens is 615 g/mol. The Bertz CT molecular complexity index is 1190. The van der Waals surface area contributed by atoms with E-state index in [0.717, 1.165) is 24.8 Å². The van der Waals surface area contributed by atoms with E-state index in [0.29, 0.717) is 32.8 Å². The summed E-state index contributed by atoms with van der Waals surface area (Å²) in [4.78, 5) is 28.4. The lowest BCUT2D eigenvalue weighted by atomic mass is 9.82. The number of hydrogen-bond acceptors (Lipinski definition) is 7. The van der Waals surface area contributed by atoms with Crippen LogP contribution in [0.3, 0.4) is 0 Å². The van der Waals surface area contributed by atoms with Crippen LogP contribution in [0.15, 0.2) is 54.1 Å². The summed E-state index contributed by atoms with van der Waals surface area (Å²) in [6.07, 6.45) is 2.22. The molecule has 4 N–H and O–H groups in total. The maximum Gasteiger partial charge on any atom is 0.247 e. The summed E-state index contributed by atoms with van der Waals surface area (Å²) in [6.45, 7) is -0.00825. The molecule has 0 saturated heterocycles. The van der Waals surface area contributed by atoms with Gasteiger partial charge in [0.15, 0.2) is 11.5 Å². The normalized spacial score (nSPS) is 20.9. The number of carbonyl (C=O) groups excluding carboxylic acids is 2. The first-order chi connectivity index (χ1) is 18.9. The average Bonchev–Trinajstić information content (AvgIpc) is 2.91. The van der Waals surface area contributed by atoms with Gasteiger partial charge in [0.25, 0.3) is 0 Å². The number of halogens is 1. The fourth-order valence-electron chi connectivity index (χ4n) is 4.92. The largest absolute Gasteiger partial charge is 0.493 e. The van der Waals surface area contributed by atoms with Gasteiger partial charge in [-0.1, -0.05) is 36.8 Å². The van der Waals surface area contributed by atoms with E-state index in [1.807, 2.05) is 30.3 Å². The number of aliphatic hydroxyl groups excluding tert-OH is 3. The number of amides is 2. The molecule has 0 unspecified atom stereocenters. The zero-order chi connectivity index (χ0) is 27.9. The van der Waals surface area contributed by atoms with Crippen molar-refractivity contribution < 1.29 is 34.4 Å². The topological polar surface area (TPSA) is 129 Å². The van der Waals surface area contributed by atoms with Crippen molar-refractivity contribution in [1.82, 2.24) is 10.2 Å². The quantitative estimate of drug-likeness (QED) is 0.276. The number of hydrogen-bond donors (Lipinski definition) is 4. The molecule has 39 heavy (non-hydrogen) atoms. The minimum atomic E-state index is -1.13. The Morgan fingerprint density at radius 3 is 2.49 bits per heavy atom. The molecular formula is C29H35IN2O7. The molecule has 0 bridgehead atoms. The number of ether oxygens (including phenoxy) is 2. The lowest BCUT2D eigenvalue weighted by Gasteiger charge is -2.43. The molecule has 2 aliphatic carbocycles. The zero-order valence-electron chi connectivity index (χ0n) is 21.9. The molecule has 1 saturated carbocycles. The second kappa shape index (κ2) is 13.6. The van der Waals surface area contributed by atoms with Gasteiger partial charge in [0.05, 0.1) is 29.9 Å². The number of benzene rings is 2. The van der Waals surface area contributed by atoms with Crippen molar-refractivity contribution in [3.63, 3.8) is 0 Å². The van der Waals surface area contributed by atoms with Crippen LogP contribution < -0.4 is 14.8 Å². The van der Waals surface area contributed by atoms with E-state index in [1.54, 1.807) is 23.1 Å². The summed E-state index contributed by atoms with van der Waals surface area (Å²) in [7, 11) is 1.49. The van der Waals surface area contributed by atoms with Crippen LogP contribution in [0, 0.1) is 9.49 Å². The van der Waals surface area contributed by atoms with Crippen molar-refractivity contribution in [3.8, 4) is 11.5 Å². The second-order valence-corrected chi connectivity index (χ2v) is 11.0. The van der Waals surface area contributed by atoms with E-state index in [9.17, 15) is 24.9 Å². The number of aliphatic hydroxyl groups is 3. The highest BCUT2D eigenvalue weighted by Gasteiger charge is 2.43. The predicted octanol–water partition coefficient (Wildman–Crippen LogP) is 2.54. The highest BCUT2D eigenvalue weighted by molar-refractivity contribution is 14.1. The fraction of sp³-hybridized carbons (Fsp3) is 0.448. The first kappa shape index (κ1) is 29.3. The van der Waals surface area contributed by atoms with Gasteiger partial charge >= 0.3 is 0 Å². The van der Waals surface area contributed by atoms with Crippen LogP contribution in [0.4, 0.5) is 0 Å². The van der Waals surface area contributed by atoms with Gasteiger partial charge < -0.3 is 35.0 Å². The van der Waals surface area contributed by atoms with Crippen LogP contribution in [0.25, 0.3) is 0 Å². The Morgan fingerprint density at radius 2 is 1.87 bits per heavy atom. The lowest BCUT2D eigenvalue weighted by Crippen LogP contribution is -2.56. The Labute approximate surface area is 241 Å². The summed E-state index contributed by atoms with van der Waals surface area (Å²) in [5.41, 5.74) is 1.93. The summed E-state index contributed by atoms with van der Waals surface area (Å²) in [5, 5.41) is 33.2. The molecule has 2 amide bonds. The van der Waals surface area contributed by atoms with E-state index in [4.69, 9.17) is 9.47 Å². The van der Waals surface area contributed by atoms with Gasteiger partial charge in [-0.05, 0) is 64.8 Å². The van der Waals surface area contributed by atoms with Crippen LogP contribution in [0.1, 0.15) is 36.8 Å². The van der Waals surface area contributed by atoms with Crippen LogP contribution in [0.2, 0.25) is 0 Å². The third-order valence-corrected chi connectivity index (χ3v) is 8.07. The number of nitrogens with one attached hydrogen (secondary N) is 1. The third-order valence-electron chi connectivity index (χ3n) is 7.27. The summed E-state index contributed by atoms with van der Waals surface area (Å²) >= 11 is 2.07. The van der Waals surface area contributed by atoms with E-state index in [2.05, 4.69) is 27.9 Å². The molecule has 3 atom stereocenters. The van der Waals surface area contributed by atoms with Gasteiger partial charge in [-0.2, -0.15) is 0 Å². The second-order valence-electron chi connectivity index (χ2n) is 9.86. The summed E-state index contributed by atoms with van der Waals surface area (Å²) in [6, 6.07) is 12.3. The van der Waals surface area contributed by atoms with Gasteiger partial charge in [0, 0.05) is 31.0 Å². The molecule has 4 rings (SSSR count). The number of rotatable bonds is 11. The van der Waals surface area contributed by atoms with E-state index < -0.39 is 18.2 Å². The Morgan fingerprint density at radius 1 is 1.13 bits per heavy atom. The fourth-order valence-corrected chi connectivity index (χ4v) is 5.72. The van der Waals surface area contributed by atoms with Crippen molar-refractivity contribution >= 4 is 34.4 Å². The molecule has 2 aliphatic rings. The van der Waals surface area contributed by atoms with E-state index in [-0.39, 0.29) is 43.9 Å². The molecule has 2 aromatic carbocycles. The van der Waals surface area contributed by atoms with Crippen molar-refractivity contribution in [1.29, 1.82) is 0 Å². The zero-order valence-corrected chi connectivity index (χ0v) is 24.0. The maximum atomic E-state index is 13.7. The minimum absolute atomic E-state index is 0.0376. The SMILES string of the molecule is COc1cc(CO)cc(I)c1O[C@H]1C=C(C(=O)NCCO)C[C@@H](N(Cc2ccccc2)C(=O)C2CCC2)[C@@H]1O. The van der Waals surface area contributed by atoms with Crippen LogP contribution in [0.5, 0.6) is 11.5 Å². The standard InChI is InChI=1S/C29H35IN2O7/c1-38-25-13-19(17-34)12-22(30)27(25)39-24-15-21(28(36)31-10-11-33)14-23(26(24)35)32(29(37)20-8-5-9-20)16-18-6-3-2-4-7-18/h2-4,6-7,12-13,15,20,23-24,26,33-35H,5,8-11,14,16-17H2,1H3,(H,31,36)/t23-,24+,26+/m1/s1. The Hall–Kier alpha value is -2.67. The number of nitrogens with zero attached hydrogens (tertiary/aromatic N) is 1. The van der Waals surface area contributed by atoms with E-state index >= 15 is 0 Å². The third kappa shape index (κ3) is 6.92. The summed E-state index contributed by atoms with van der Waals surface area (Å²) < 4.78 is 12.5. The molecule has 2 aromatic rings. The minimum Gasteiger partial charge on any atom is -0.493 e. The van der Waals surface area contributed by atoms with Crippen molar-refractivity contribution in [2.75, 3.05) is 20.3 Å². The smallest absolute Gasteiger partial charge is 0.247 e. The highest BCUT2D eigenvalue weighted by Crippen LogP contribution is 2.38. The molecule has 1 fully saturated rings. The molecule has 0 heterocycles. The van der Waals surface area contributed by atoms with Gasteiger partial charge in [0.1, 0.15) is 12.2 Å². The van der Waals surface area contributed by atoms with Crippen molar-refractivity contribution in [2.45, 2.75) is 57.1 Å². The van der Waals surface area contributed by atoms with Crippen LogP contribution in [-0.2, 0) is 22.7 Å². The van der Waals surface area contributed by atoms with Crippen LogP contribution >= 0.6 is 22.6 Å². The molecule has 0 radical (unpaired) electrons. The first-order valence-corrected chi connectivity index (χ1v) is 14.2. The average molecular weight is 651 g/mol. The molecule has 0 aliphatic heterocycles. The Kier molecular flexibility index (Phi) is 10.2. The number of methoxy groups -OCH3 is 1. The maximum absolute atomic E-state index is 13.7. The van der Waals surface area contributed by atoms with Crippen LogP contribution in [-0.4, -0.2) is 70.5 Å². The monoisotopic (exact) mass is 650 g/mol. The first-order valence-electron chi connectivity index (χ1n) is 13.1. The predicted molar refractivity (Wildman–Crippen MR) is 153 cm³/mol. The molecule has 0 spiro atoms. The molecule has 9 nitrogen and oxygen atoms in total. The van der Waals surface area contributed by atoms with Gasteiger partial charge in [-0.25, -0.2) is 0 Å². The van der Waals surface area contributed by atoms with Crippen molar-refractivity contribution in [2.24, 2.45) is 5.92 Å². The molecule has 0 aromatic heterocycles. The number of carbonyl (C=O) groups is 2.